The molecule has 128 valence electrons. The molecule has 0 amide bonds. The van der Waals surface area contributed by atoms with Gasteiger partial charge in [0.2, 0.25) is 0 Å². The molecule has 0 spiro atoms. The second kappa shape index (κ2) is 8.48. The number of nitrogens with one attached hydrogen (secondary N) is 1. The molecule has 3 aromatic carbocycles. The van der Waals surface area contributed by atoms with Gasteiger partial charge in [-0.3, -0.25) is 0 Å². The Morgan fingerprint density at radius 1 is 0.800 bits per heavy atom. The van der Waals surface area contributed by atoms with Crippen molar-refractivity contribution in [3.63, 3.8) is 0 Å². The molecule has 3 rings (SSSR count). The van der Waals surface area contributed by atoms with E-state index in [1.807, 2.05) is 54.6 Å². The molecule has 0 aliphatic heterocycles. The predicted octanol–water partition coefficient (Wildman–Crippen LogP) is 6.84. The van der Waals surface area contributed by atoms with Crippen LogP contribution < -0.4 is 10.1 Å². The zero-order valence-corrected chi connectivity index (χ0v) is 15.6. The average Bonchev–Trinajstić information content (AvgIpc) is 2.61. The van der Waals surface area contributed by atoms with E-state index in [0.29, 0.717) is 28.2 Å². The molecule has 0 saturated heterocycles. The SMILES string of the molecule is Clc1ccc(COc2ccccc2CNc2ccc(Cl)cc2Cl)cc1. The lowest BCUT2D eigenvalue weighted by Crippen LogP contribution is -2.04. The Morgan fingerprint density at radius 2 is 1.52 bits per heavy atom. The fraction of sp³-hybridized carbons (Fsp3) is 0.100. The summed E-state index contributed by atoms with van der Waals surface area (Å²) in [7, 11) is 0. The monoisotopic (exact) mass is 391 g/mol. The van der Waals surface area contributed by atoms with Crippen molar-refractivity contribution < 1.29 is 4.74 Å². The van der Waals surface area contributed by atoms with E-state index in [4.69, 9.17) is 39.5 Å². The fourth-order valence-corrected chi connectivity index (χ4v) is 2.96. The topological polar surface area (TPSA) is 21.3 Å². The van der Waals surface area contributed by atoms with E-state index in [1.165, 1.54) is 0 Å². The van der Waals surface area contributed by atoms with Crippen LogP contribution in [-0.4, -0.2) is 0 Å². The minimum Gasteiger partial charge on any atom is -0.489 e. The molecular formula is C20H16Cl3NO. The predicted molar refractivity (Wildman–Crippen MR) is 106 cm³/mol. The smallest absolute Gasteiger partial charge is 0.124 e. The molecule has 0 aliphatic rings. The Balaban J connectivity index is 1.67. The Bertz CT molecular complexity index is 850. The molecule has 0 aliphatic carbocycles. The van der Waals surface area contributed by atoms with Gasteiger partial charge >= 0.3 is 0 Å². The number of hydrogen-bond donors (Lipinski definition) is 1. The number of ether oxygens (including phenoxy) is 1. The Hall–Kier alpha value is -1.87. The lowest BCUT2D eigenvalue weighted by Gasteiger charge is -2.14. The number of halogens is 3. The summed E-state index contributed by atoms with van der Waals surface area (Å²) in [6.07, 6.45) is 0. The van der Waals surface area contributed by atoms with Crippen LogP contribution in [0.3, 0.4) is 0 Å². The Kier molecular flexibility index (Phi) is 6.09. The van der Waals surface area contributed by atoms with E-state index in [1.54, 1.807) is 12.1 Å². The van der Waals surface area contributed by atoms with Gasteiger partial charge in [-0.05, 0) is 42.0 Å². The van der Waals surface area contributed by atoms with Gasteiger partial charge in [-0.1, -0.05) is 65.1 Å². The molecule has 0 fully saturated rings. The molecule has 5 heteroatoms. The number of benzene rings is 3. The molecular weight excluding hydrogens is 377 g/mol. The van der Waals surface area contributed by atoms with Crippen molar-refractivity contribution in [2.24, 2.45) is 0 Å². The van der Waals surface area contributed by atoms with Gasteiger partial charge in [-0.2, -0.15) is 0 Å². The number of hydrogen-bond acceptors (Lipinski definition) is 2. The summed E-state index contributed by atoms with van der Waals surface area (Å²) in [6.45, 7) is 1.08. The van der Waals surface area contributed by atoms with E-state index < -0.39 is 0 Å². The maximum atomic E-state index is 6.20. The summed E-state index contributed by atoms with van der Waals surface area (Å²) in [4.78, 5) is 0. The molecule has 0 radical (unpaired) electrons. The van der Waals surface area contributed by atoms with E-state index in [-0.39, 0.29) is 0 Å². The lowest BCUT2D eigenvalue weighted by molar-refractivity contribution is 0.303. The van der Waals surface area contributed by atoms with Gasteiger partial charge < -0.3 is 10.1 Å². The minimum absolute atomic E-state index is 0.482. The fourth-order valence-electron chi connectivity index (χ4n) is 2.36. The van der Waals surface area contributed by atoms with Crippen molar-refractivity contribution in [2.75, 3.05) is 5.32 Å². The standard InChI is InChI=1S/C20H16Cl3NO/c21-16-7-5-14(6-8-16)13-25-20-4-2-1-3-15(20)12-24-19-10-9-17(22)11-18(19)23/h1-11,24H,12-13H2. The highest BCUT2D eigenvalue weighted by Gasteiger charge is 2.06. The molecule has 0 heterocycles. The van der Waals surface area contributed by atoms with Gasteiger partial charge in [-0.25, -0.2) is 0 Å². The lowest BCUT2D eigenvalue weighted by atomic mass is 10.2. The van der Waals surface area contributed by atoms with E-state index in [9.17, 15) is 0 Å². The third-order valence-corrected chi connectivity index (χ3v) is 4.48. The van der Waals surface area contributed by atoms with Crippen LogP contribution >= 0.6 is 34.8 Å². The van der Waals surface area contributed by atoms with Crippen LogP contribution in [0.25, 0.3) is 0 Å². The first-order chi connectivity index (χ1) is 12.1. The van der Waals surface area contributed by atoms with Gasteiger partial charge in [0.1, 0.15) is 12.4 Å². The van der Waals surface area contributed by atoms with Gasteiger partial charge in [0, 0.05) is 22.2 Å². The zero-order chi connectivity index (χ0) is 17.6. The van der Waals surface area contributed by atoms with Gasteiger partial charge in [0.05, 0.1) is 10.7 Å². The Labute approximate surface area is 162 Å². The largest absolute Gasteiger partial charge is 0.489 e. The van der Waals surface area contributed by atoms with E-state index >= 15 is 0 Å². The number of anilines is 1. The van der Waals surface area contributed by atoms with Crippen molar-refractivity contribution >= 4 is 40.5 Å². The first kappa shape index (κ1) is 17.9. The summed E-state index contributed by atoms with van der Waals surface area (Å²) in [5.41, 5.74) is 2.94. The van der Waals surface area contributed by atoms with Crippen molar-refractivity contribution in [2.45, 2.75) is 13.2 Å². The summed E-state index contributed by atoms with van der Waals surface area (Å²) < 4.78 is 5.96. The average molecular weight is 393 g/mol. The molecule has 0 unspecified atom stereocenters. The van der Waals surface area contributed by atoms with Crippen LogP contribution in [0.1, 0.15) is 11.1 Å². The maximum Gasteiger partial charge on any atom is 0.124 e. The second-order valence-corrected chi connectivity index (χ2v) is 6.78. The van der Waals surface area contributed by atoms with Crippen LogP contribution in [-0.2, 0) is 13.2 Å². The summed E-state index contributed by atoms with van der Waals surface area (Å²) in [5, 5.41) is 5.23. The van der Waals surface area contributed by atoms with Crippen molar-refractivity contribution in [1.82, 2.24) is 0 Å². The molecule has 25 heavy (non-hydrogen) atoms. The minimum atomic E-state index is 0.482. The molecule has 2 nitrogen and oxygen atoms in total. The first-order valence-electron chi connectivity index (χ1n) is 7.76. The summed E-state index contributed by atoms with van der Waals surface area (Å²) in [6, 6.07) is 20.9. The van der Waals surface area contributed by atoms with Crippen LogP contribution in [0.5, 0.6) is 5.75 Å². The van der Waals surface area contributed by atoms with Gasteiger partial charge in [-0.15, -0.1) is 0 Å². The van der Waals surface area contributed by atoms with Gasteiger partial charge in [0.25, 0.3) is 0 Å². The molecule has 1 N–H and O–H groups in total. The maximum absolute atomic E-state index is 6.20. The van der Waals surface area contributed by atoms with E-state index in [2.05, 4.69) is 5.32 Å². The van der Waals surface area contributed by atoms with Crippen molar-refractivity contribution in [1.29, 1.82) is 0 Å². The number of para-hydroxylation sites is 1. The molecule has 0 saturated carbocycles. The zero-order valence-electron chi connectivity index (χ0n) is 13.3. The molecule has 0 atom stereocenters. The molecule has 3 aromatic rings. The first-order valence-corrected chi connectivity index (χ1v) is 8.89. The second-order valence-electron chi connectivity index (χ2n) is 5.50. The van der Waals surface area contributed by atoms with Gasteiger partial charge in [0.15, 0.2) is 0 Å². The third kappa shape index (κ3) is 5.05. The highest BCUT2D eigenvalue weighted by atomic mass is 35.5. The highest BCUT2D eigenvalue weighted by Crippen LogP contribution is 2.27. The molecule has 0 aromatic heterocycles. The molecule has 0 bridgehead atoms. The summed E-state index contributed by atoms with van der Waals surface area (Å²) in [5.74, 6) is 0.829. The normalized spacial score (nSPS) is 10.5. The summed E-state index contributed by atoms with van der Waals surface area (Å²) >= 11 is 18.0. The van der Waals surface area contributed by atoms with Crippen LogP contribution in [0.4, 0.5) is 5.69 Å². The van der Waals surface area contributed by atoms with Crippen molar-refractivity contribution in [3.05, 3.63) is 92.9 Å². The quantitative estimate of drug-likeness (QED) is 0.496. The van der Waals surface area contributed by atoms with Crippen LogP contribution in [0.15, 0.2) is 66.7 Å². The highest BCUT2D eigenvalue weighted by molar-refractivity contribution is 6.36. The number of rotatable bonds is 6. The van der Waals surface area contributed by atoms with E-state index in [0.717, 1.165) is 22.6 Å². The van der Waals surface area contributed by atoms with Crippen molar-refractivity contribution in [3.8, 4) is 5.75 Å². The van der Waals surface area contributed by atoms with Crippen LogP contribution in [0.2, 0.25) is 15.1 Å². The Morgan fingerprint density at radius 3 is 2.28 bits per heavy atom. The third-order valence-electron chi connectivity index (χ3n) is 3.68. The van der Waals surface area contributed by atoms with Crippen LogP contribution in [0, 0.1) is 0 Å².